The Morgan fingerprint density at radius 3 is 2.26 bits per heavy atom. The van der Waals surface area contributed by atoms with Gasteiger partial charge in [-0.25, -0.2) is 0 Å². The fourth-order valence-corrected chi connectivity index (χ4v) is 5.21. The number of hydrogen-bond donors (Lipinski definition) is 1. The molecule has 6 heteroatoms. The second-order valence-corrected chi connectivity index (χ2v) is 9.39. The molecule has 0 saturated carbocycles. The van der Waals surface area contributed by atoms with Crippen molar-refractivity contribution in [2.75, 3.05) is 27.3 Å². The highest BCUT2D eigenvalue weighted by Crippen LogP contribution is 2.33. The summed E-state index contributed by atoms with van der Waals surface area (Å²) in [6, 6.07) is 21.5. The Hall–Kier alpha value is -3.77. The van der Waals surface area contributed by atoms with Crippen LogP contribution in [0.4, 0.5) is 0 Å². The summed E-state index contributed by atoms with van der Waals surface area (Å²) in [6.07, 6.45) is 4.95. The number of fused-ring (bicyclic) bond motifs is 3. The van der Waals surface area contributed by atoms with Crippen LogP contribution in [-0.4, -0.2) is 48.5 Å². The van der Waals surface area contributed by atoms with Crippen molar-refractivity contribution in [2.45, 2.75) is 46.3 Å². The summed E-state index contributed by atoms with van der Waals surface area (Å²) in [4.78, 5) is 18.4. The third-order valence-electron chi connectivity index (χ3n) is 7.17. The van der Waals surface area contributed by atoms with Crippen molar-refractivity contribution < 1.29 is 14.3 Å². The van der Waals surface area contributed by atoms with Crippen molar-refractivity contribution in [1.29, 1.82) is 0 Å². The lowest BCUT2D eigenvalue weighted by atomic mass is 9.99. The normalized spacial score (nSPS) is 14.3. The maximum absolute atomic E-state index is 10.7. The highest BCUT2D eigenvalue weighted by molar-refractivity contribution is 5.82. The summed E-state index contributed by atoms with van der Waals surface area (Å²) < 4.78 is 10.5. The summed E-state index contributed by atoms with van der Waals surface area (Å²) in [7, 11) is 3.25. The Morgan fingerprint density at radius 2 is 1.53 bits per heavy atom. The third kappa shape index (κ3) is 6.20. The standard InChI is InChI=1S/C18H18N2.C12H15NO3.C2H6/c1-2-5-16-12-20(11-9-14(16)4-1)13-17-7-3-6-15-8-10-19-18(15)17;1-15-11-5-9-3-4-13(8-14)7-10(9)6-12(11)16-2;1-2/h1-8,10,19H,9,11-13H2;5-6,8H,3-4,7H2,1-2H3;1-2H3. The van der Waals surface area contributed by atoms with E-state index in [0.717, 1.165) is 56.7 Å². The number of rotatable bonds is 5. The van der Waals surface area contributed by atoms with Gasteiger partial charge in [0.25, 0.3) is 0 Å². The maximum atomic E-state index is 10.7. The molecular weight excluding hydrogens is 474 g/mol. The number of aromatic nitrogens is 1. The Kier molecular flexibility index (Phi) is 9.44. The van der Waals surface area contributed by atoms with Crippen molar-refractivity contribution in [3.05, 3.63) is 94.7 Å². The minimum absolute atomic E-state index is 0.652. The first-order valence-corrected chi connectivity index (χ1v) is 13.5. The van der Waals surface area contributed by atoms with E-state index in [0.29, 0.717) is 12.3 Å². The Labute approximate surface area is 226 Å². The monoisotopic (exact) mass is 513 g/mol. The predicted molar refractivity (Wildman–Crippen MR) is 154 cm³/mol. The smallest absolute Gasteiger partial charge is 0.210 e. The van der Waals surface area contributed by atoms with Crippen LogP contribution >= 0.6 is 0 Å². The van der Waals surface area contributed by atoms with E-state index in [2.05, 4.69) is 58.4 Å². The lowest BCUT2D eigenvalue weighted by Gasteiger charge is -2.28. The van der Waals surface area contributed by atoms with Gasteiger partial charge < -0.3 is 19.4 Å². The number of carbonyl (C=O) groups excluding carboxylic acids is 1. The number of H-pyrrole nitrogens is 1. The molecule has 200 valence electrons. The largest absolute Gasteiger partial charge is 0.493 e. The van der Waals surface area contributed by atoms with Gasteiger partial charge >= 0.3 is 0 Å². The van der Waals surface area contributed by atoms with Gasteiger partial charge in [-0.15, -0.1) is 0 Å². The van der Waals surface area contributed by atoms with Crippen molar-refractivity contribution >= 4 is 17.3 Å². The molecule has 38 heavy (non-hydrogen) atoms. The molecule has 1 N–H and O–H groups in total. The number of amides is 1. The van der Waals surface area contributed by atoms with Crippen LogP contribution in [0.3, 0.4) is 0 Å². The van der Waals surface area contributed by atoms with Crippen molar-refractivity contribution in [1.82, 2.24) is 14.8 Å². The van der Waals surface area contributed by atoms with Crippen LogP contribution in [0.1, 0.15) is 41.7 Å². The van der Waals surface area contributed by atoms with Crippen LogP contribution in [0.2, 0.25) is 0 Å². The number of benzene rings is 3. The van der Waals surface area contributed by atoms with Crippen molar-refractivity contribution in [2.24, 2.45) is 0 Å². The number of methoxy groups -OCH3 is 2. The van der Waals surface area contributed by atoms with E-state index >= 15 is 0 Å². The molecule has 0 radical (unpaired) electrons. The SMILES string of the molecule is CC.COc1cc2c(cc1OC)CN(C=O)CC2.c1ccc2c(c1)CCN(Cc1cccc3cc[nH]c13)C2. The zero-order valence-electron chi connectivity index (χ0n) is 23.0. The number of nitrogens with zero attached hydrogens (tertiary/aromatic N) is 2. The molecule has 6 rings (SSSR count). The Balaban J connectivity index is 0.000000170. The Bertz CT molecular complexity index is 1350. The number of aromatic amines is 1. The number of carbonyl (C=O) groups is 1. The average Bonchev–Trinajstić information content (AvgIpc) is 3.47. The molecule has 0 unspecified atom stereocenters. The van der Waals surface area contributed by atoms with Gasteiger partial charge in [0.15, 0.2) is 11.5 Å². The van der Waals surface area contributed by atoms with Gasteiger partial charge in [-0.3, -0.25) is 9.69 Å². The molecule has 0 spiro atoms. The number of nitrogens with one attached hydrogen (secondary N) is 1. The Morgan fingerprint density at radius 1 is 0.816 bits per heavy atom. The molecule has 1 aromatic heterocycles. The molecule has 0 saturated heterocycles. The van der Waals surface area contributed by atoms with Gasteiger partial charge in [0.1, 0.15) is 0 Å². The van der Waals surface area contributed by atoms with E-state index in [1.54, 1.807) is 19.1 Å². The van der Waals surface area contributed by atoms with Gasteiger partial charge in [-0.1, -0.05) is 56.3 Å². The lowest BCUT2D eigenvalue weighted by Crippen LogP contribution is -2.30. The summed E-state index contributed by atoms with van der Waals surface area (Å²) in [5.41, 5.74) is 8.05. The van der Waals surface area contributed by atoms with Gasteiger partial charge in [-0.05, 0) is 64.2 Å². The third-order valence-corrected chi connectivity index (χ3v) is 7.17. The minimum atomic E-state index is 0.652. The molecule has 0 aliphatic carbocycles. The molecule has 2 aliphatic heterocycles. The van der Waals surface area contributed by atoms with E-state index in [1.807, 2.05) is 32.2 Å². The zero-order chi connectivity index (χ0) is 26.9. The van der Waals surface area contributed by atoms with Crippen LogP contribution in [0.25, 0.3) is 10.9 Å². The summed E-state index contributed by atoms with van der Waals surface area (Å²) in [6.45, 7) is 8.65. The predicted octanol–water partition coefficient (Wildman–Crippen LogP) is 5.97. The van der Waals surface area contributed by atoms with Crippen LogP contribution in [0.5, 0.6) is 11.5 Å². The molecule has 2 aliphatic rings. The highest BCUT2D eigenvalue weighted by Gasteiger charge is 2.18. The average molecular weight is 514 g/mol. The fraction of sp³-hybridized carbons (Fsp3) is 0.344. The van der Waals surface area contributed by atoms with Crippen molar-refractivity contribution in [3.63, 3.8) is 0 Å². The second-order valence-electron chi connectivity index (χ2n) is 9.39. The van der Waals surface area contributed by atoms with E-state index in [4.69, 9.17) is 9.47 Å². The summed E-state index contributed by atoms with van der Waals surface area (Å²) in [5.74, 6) is 1.47. The summed E-state index contributed by atoms with van der Waals surface area (Å²) >= 11 is 0. The minimum Gasteiger partial charge on any atom is -0.493 e. The van der Waals surface area contributed by atoms with Crippen LogP contribution in [0, 0.1) is 0 Å². The highest BCUT2D eigenvalue weighted by atomic mass is 16.5. The van der Waals surface area contributed by atoms with Gasteiger partial charge in [0.05, 0.1) is 14.2 Å². The molecule has 1 amide bonds. The summed E-state index contributed by atoms with van der Waals surface area (Å²) in [5, 5.41) is 1.31. The first-order valence-electron chi connectivity index (χ1n) is 13.5. The van der Waals surface area contributed by atoms with Crippen LogP contribution in [-0.2, 0) is 37.3 Å². The van der Waals surface area contributed by atoms with E-state index in [1.165, 1.54) is 33.2 Å². The quantitative estimate of drug-likeness (QED) is 0.334. The molecule has 3 aromatic carbocycles. The lowest BCUT2D eigenvalue weighted by molar-refractivity contribution is -0.118. The van der Waals surface area contributed by atoms with Crippen LogP contribution < -0.4 is 9.47 Å². The van der Waals surface area contributed by atoms with E-state index < -0.39 is 0 Å². The van der Waals surface area contributed by atoms with E-state index in [-0.39, 0.29) is 0 Å². The molecule has 3 heterocycles. The van der Waals surface area contributed by atoms with Gasteiger partial charge in [0.2, 0.25) is 6.41 Å². The van der Waals surface area contributed by atoms with Gasteiger partial charge in [0, 0.05) is 44.4 Å². The number of ether oxygens (including phenoxy) is 2. The maximum Gasteiger partial charge on any atom is 0.210 e. The number of hydrogen-bond acceptors (Lipinski definition) is 4. The molecule has 4 aromatic rings. The second kappa shape index (κ2) is 13.2. The first-order chi connectivity index (χ1) is 18.7. The topological polar surface area (TPSA) is 57.8 Å². The molecule has 0 bridgehead atoms. The fourth-order valence-electron chi connectivity index (χ4n) is 5.21. The van der Waals surface area contributed by atoms with Crippen molar-refractivity contribution in [3.8, 4) is 11.5 Å². The number of para-hydroxylation sites is 1. The molecule has 6 nitrogen and oxygen atoms in total. The molecular formula is C32H39N3O3. The van der Waals surface area contributed by atoms with Gasteiger partial charge in [-0.2, -0.15) is 0 Å². The zero-order valence-corrected chi connectivity index (χ0v) is 23.0. The van der Waals surface area contributed by atoms with E-state index in [9.17, 15) is 4.79 Å². The van der Waals surface area contributed by atoms with Crippen LogP contribution in [0.15, 0.2) is 66.9 Å². The first kappa shape index (κ1) is 27.3. The molecule has 0 atom stereocenters. The molecule has 0 fully saturated rings.